The van der Waals surface area contributed by atoms with Crippen LogP contribution < -0.4 is 46.4 Å². The molecule has 0 bridgehead atoms. The van der Waals surface area contributed by atoms with Crippen LogP contribution >= 0.6 is 0 Å². The lowest BCUT2D eigenvalue weighted by Gasteiger charge is -2.11. The van der Waals surface area contributed by atoms with E-state index in [1.165, 1.54) is 25.8 Å². The topological polar surface area (TPSA) is 206 Å². The monoisotopic (exact) mass is 1120 g/mol. The van der Waals surface area contributed by atoms with Crippen LogP contribution in [0.5, 0.6) is 17.2 Å². The third kappa shape index (κ3) is 17.3. The molecule has 0 saturated carbocycles. The molecular weight excluding hydrogens is 1050 g/mol. The van der Waals surface area contributed by atoms with Gasteiger partial charge >= 0.3 is 16.9 Å². The first kappa shape index (κ1) is 65.2. The Balaban J connectivity index is 0.000000210. The average Bonchev–Trinajstić information content (AvgIpc) is 3.48. The molecule has 3 N–H and O–H groups in total. The van der Waals surface area contributed by atoms with Gasteiger partial charge < -0.3 is 38.1 Å². The molecule has 9 rings (SSSR count). The largest absolute Gasteiger partial charge is 0.496 e. The molecule has 81 heavy (non-hydrogen) atoms. The molecule has 3 heterocycles. The Hall–Kier alpha value is -8.31. The van der Waals surface area contributed by atoms with Crippen molar-refractivity contribution in [3.8, 4) is 17.2 Å². The third-order valence-corrected chi connectivity index (χ3v) is 14.2. The predicted octanol–water partition coefficient (Wildman–Crippen LogP) is 12.7. The molecule has 1 amide bonds. The van der Waals surface area contributed by atoms with Gasteiger partial charge in [-0.15, -0.1) is 0 Å². The van der Waals surface area contributed by atoms with Crippen LogP contribution in [0.2, 0.25) is 0 Å². The smallest absolute Gasteiger partial charge is 0.339 e. The highest BCUT2D eigenvalue weighted by Crippen LogP contribution is 2.29. The fourth-order valence-electron chi connectivity index (χ4n) is 8.99. The first-order chi connectivity index (χ1) is 38.6. The minimum absolute atomic E-state index is 0.132. The number of fused-ring (bicyclic) bond motifs is 3. The minimum atomic E-state index is -3.42. The fraction of sp³-hybridized carbons (Fsp3) is 0.292. The van der Waals surface area contributed by atoms with Crippen LogP contribution in [-0.4, -0.2) is 56.8 Å². The summed E-state index contributed by atoms with van der Waals surface area (Å²) in [6, 6.07) is 44.6. The molecule has 0 atom stereocenters. The Morgan fingerprint density at radius 2 is 0.802 bits per heavy atom. The zero-order valence-electron chi connectivity index (χ0n) is 49.1. The molecule has 0 spiro atoms. The van der Waals surface area contributed by atoms with Crippen LogP contribution in [-0.2, 0) is 16.6 Å². The Morgan fingerprint density at radius 3 is 1.16 bits per heavy atom. The average molecular weight is 1120 g/mol. The number of nitrogens with one attached hydrogen (secondary N) is 3. The number of carbonyl (C=O) groups is 1. The Labute approximate surface area is 475 Å². The van der Waals surface area contributed by atoms with E-state index in [-0.39, 0.29) is 27.7 Å². The number of para-hydroxylation sites is 6. The molecule has 0 unspecified atom stereocenters. The number of hydrogen-bond acceptors (Lipinski definition) is 13. The van der Waals surface area contributed by atoms with E-state index in [1.807, 2.05) is 125 Å². The summed E-state index contributed by atoms with van der Waals surface area (Å²) in [4.78, 5) is 46.1. The summed E-state index contributed by atoms with van der Waals surface area (Å²) in [5.74, 6) is 2.75. The number of carbonyl (C=O) groups excluding carboxylic acids is 1. The zero-order chi connectivity index (χ0) is 60.0. The summed E-state index contributed by atoms with van der Waals surface area (Å²) in [5, 5.41) is 8.75. The van der Waals surface area contributed by atoms with Crippen molar-refractivity contribution in [2.45, 2.75) is 91.5 Å². The van der Waals surface area contributed by atoms with Gasteiger partial charge in [-0.3, -0.25) is 4.79 Å². The van der Waals surface area contributed by atoms with Gasteiger partial charge in [0.2, 0.25) is 10.0 Å². The molecule has 3 aromatic heterocycles. The van der Waals surface area contributed by atoms with Crippen LogP contribution in [0.1, 0.15) is 109 Å². The Bertz CT molecular complexity index is 3560. The summed E-state index contributed by atoms with van der Waals surface area (Å²) in [7, 11) is 6.13. The second kappa shape index (κ2) is 31.5. The second-order valence-corrected chi connectivity index (χ2v) is 21.1. The zero-order valence-corrected chi connectivity index (χ0v) is 49.9. The molecule has 15 nitrogen and oxygen atoms in total. The van der Waals surface area contributed by atoms with Crippen LogP contribution in [0.3, 0.4) is 0 Å². The number of ether oxygens (including phenoxy) is 3. The summed E-state index contributed by atoms with van der Waals surface area (Å²) < 4.78 is 55.8. The van der Waals surface area contributed by atoms with Crippen LogP contribution in [0.4, 0.5) is 0 Å². The standard InChI is InChI=1S/3C13H14O2.C9H11NO2.C9H13NO.C8H11NO3S/c3*1-8(2)12-9(3)13(14)15-11-7-5-4-6-10(11)12;1-10-9(11)7-5-3-4-6-8(7)12-2;1-10-7-8-5-3-4-6-9(8)11-2;1-9-13(10,11)8-6-4-3-5-7(8)12-2/h3*4-8H,1-3H3;3-6H,1-2H3,(H,10,11);3-6,10H,7H2,1-2H3;3-6,9H,1-2H3. The molecule has 430 valence electrons. The highest BCUT2D eigenvalue weighted by Gasteiger charge is 2.18. The van der Waals surface area contributed by atoms with Crippen molar-refractivity contribution in [2.24, 2.45) is 0 Å². The predicted molar refractivity (Wildman–Crippen MR) is 325 cm³/mol. The van der Waals surface area contributed by atoms with E-state index < -0.39 is 10.0 Å². The number of amides is 1. The number of methoxy groups -OCH3 is 3. The van der Waals surface area contributed by atoms with Gasteiger partial charge in [0.25, 0.3) is 5.91 Å². The second-order valence-electron chi connectivity index (χ2n) is 19.2. The van der Waals surface area contributed by atoms with E-state index in [9.17, 15) is 27.6 Å². The highest BCUT2D eigenvalue weighted by molar-refractivity contribution is 7.89. The highest BCUT2D eigenvalue weighted by atomic mass is 32.2. The van der Waals surface area contributed by atoms with Crippen molar-refractivity contribution < 1.29 is 40.7 Å². The summed E-state index contributed by atoms with van der Waals surface area (Å²) >= 11 is 0. The number of rotatable bonds is 11. The van der Waals surface area contributed by atoms with E-state index in [1.54, 1.807) is 57.7 Å². The lowest BCUT2D eigenvalue weighted by atomic mass is 9.95. The maximum Gasteiger partial charge on any atom is 0.339 e. The van der Waals surface area contributed by atoms with E-state index in [4.69, 9.17) is 27.5 Å². The van der Waals surface area contributed by atoms with Crippen molar-refractivity contribution in [3.05, 3.63) is 221 Å². The molecule has 0 aliphatic heterocycles. The third-order valence-electron chi connectivity index (χ3n) is 12.8. The maximum absolute atomic E-state index is 11.6. The van der Waals surface area contributed by atoms with Crippen LogP contribution in [0.15, 0.2) is 178 Å². The van der Waals surface area contributed by atoms with Crippen molar-refractivity contribution in [2.75, 3.05) is 42.5 Å². The fourth-order valence-corrected chi connectivity index (χ4v) is 9.88. The summed E-state index contributed by atoms with van der Waals surface area (Å²) in [5.41, 5.74) is 8.58. The molecule has 0 aliphatic rings. The molecule has 9 aromatic rings. The van der Waals surface area contributed by atoms with Gasteiger partial charge in [0.05, 0.1) is 26.9 Å². The molecule has 0 saturated heterocycles. The van der Waals surface area contributed by atoms with Crippen molar-refractivity contribution in [3.63, 3.8) is 0 Å². The first-order valence-electron chi connectivity index (χ1n) is 26.4. The molecule has 16 heteroatoms. The molecule has 0 fully saturated rings. The number of hydrogen-bond donors (Lipinski definition) is 3. The van der Waals surface area contributed by atoms with E-state index in [0.29, 0.717) is 51.6 Å². The van der Waals surface area contributed by atoms with Crippen LogP contribution in [0.25, 0.3) is 32.9 Å². The van der Waals surface area contributed by atoms with E-state index >= 15 is 0 Å². The lowest BCUT2D eigenvalue weighted by Crippen LogP contribution is -2.19. The normalized spacial score (nSPS) is 10.7. The van der Waals surface area contributed by atoms with E-state index in [0.717, 1.165) is 61.8 Å². The molecule has 6 aromatic carbocycles. The summed E-state index contributed by atoms with van der Waals surface area (Å²) in [6.45, 7) is 18.9. The van der Waals surface area contributed by atoms with Crippen LogP contribution in [0, 0.1) is 20.8 Å². The van der Waals surface area contributed by atoms with Gasteiger partial charge in [0.1, 0.15) is 38.9 Å². The number of benzene rings is 6. The van der Waals surface area contributed by atoms with Crippen molar-refractivity contribution >= 4 is 48.8 Å². The first-order valence-corrected chi connectivity index (χ1v) is 27.9. The van der Waals surface area contributed by atoms with Gasteiger partial charge in [-0.1, -0.05) is 139 Å². The van der Waals surface area contributed by atoms with E-state index in [2.05, 4.69) is 63.0 Å². The van der Waals surface area contributed by atoms with Crippen molar-refractivity contribution in [1.29, 1.82) is 0 Å². The minimum Gasteiger partial charge on any atom is -0.496 e. The lowest BCUT2D eigenvalue weighted by molar-refractivity contribution is 0.0960. The van der Waals surface area contributed by atoms with Gasteiger partial charge in [-0.05, 0) is 118 Å². The number of sulfonamides is 1. The van der Waals surface area contributed by atoms with Gasteiger partial charge in [0, 0.05) is 52.0 Å². The Kier molecular flexibility index (Phi) is 25.3. The summed E-state index contributed by atoms with van der Waals surface area (Å²) in [6.07, 6.45) is 0. The molecule has 0 aliphatic carbocycles. The van der Waals surface area contributed by atoms with Gasteiger partial charge in [0.15, 0.2) is 0 Å². The Morgan fingerprint density at radius 1 is 0.469 bits per heavy atom. The quantitative estimate of drug-likeness (QED) is 0.103. The van der Waals surface area contributed by atoms with Gasteiger partial charge in [-0.2, -0.15) is 0 Å². The SMILES string of the molecule is CNC(=O)c1ccccc1OC.CNCc1ccccc1OC.CNS(=O)(=O)c1ccccc1OC.Cc1c(C(C)C)c2ccccc2oc1=O.Cc1c(C(C)C)c2ccccc2oc1=O.Cc1c(C(C)C)c2ccccc2oc1=O. The molecular formula is C65H77N3O12S. The maximum atomic E-state index is 11.6. The van der Waals surface area contributed by atoms with Gasteiger partial charge in [-0.25, -0.2) is 27.5 Å². The van der Waals surface area contributed by atoms with Crippen molar-refractivity contribution in [1.82, 2.24) is 15.4 Å². The molecule has 0 radical (unpaired) electrons.